The maximum Gasteiger partial charge on any atom is 0.120 e. The fourth-order valence-corrected chi connectivity index (χ4v) is 3.96. The molecule has 0 radical (unpaired) electrons. The van der Waals surface area contributed by atoms with Gasteiger partial charge in [-0.25, -0.2) is 0 Å². The van der Waals surface area contributed by atoms with E-state index in [-0.39, 0.29) is 0 Å². The Balaban J connectivity index is 1.68. The Morgan fingerprint density at radius 1 is 1.32 bits per heavy atom. The van der Waals surface area contributed by atoms with E-state index < -0.39 is 0 Å². The number of nitrogens with one attached hydrogen (secondary N) is 1. The van der Waals surface area contributed by atoms with Crippen LogP contribution in [0.2, 0.25) is 0 Å². The van der Waals surface area contributed by atoms with Crippen LogP contribution in [0.15, 0.2) is 10.5 Å². The molecule has 1 saturated heterocycles. The molecule has 3 heteroatoms. The van der Waals surface area contributed by atoms with Gasteiger partial charge in [-0.2, -0.15) is 0 Å². The summed E-state index contributed by atoms with van der Waals surface area (Å²) >= 11 is 0. The van der Waals surface area contributed by atoms with E-state index in [1.807, 2.05) is 7.05 Å². The standard InChI is InChI=1S/C16H26N2O/c1-12-9-14(19-16(12)10-17-2)11-18-8-4-6-13-5-3-7-15(13)18/h9,13,15,17H,3-8,10-11H2,1-2H3. The molecule has 2 aliphatic rings. The molecule has 0 amide bonds. The van der Waals surface area contributed by atoms with Gasteiger partial charge in [-0.3, -0.25) is 4.90 Å². The molecular weight excluding hydrogens is 236 g/mol. The Kier molecular flexibility index (Phi) is 3.94. The van der Waals surface area contributed by atoms with Gasteiger partial charge >= 0.3 is 0 Å². The van der Waals surface area contributed by atoms with Crippen LogP contribution in [0.25, 0.3) is 0 Å². The van der Waals surface area contributed by atoms with Crippen LogP contribution in [-0.4, -0.2) is 24.5 Å². The van der Waals surface area contributed by atoms with Gasteiger partial charge in [0.2, 0.25) is 0 Å². The number of hydrogen-bond donors (Lipinski definition) is 1. The summed E-state index contributed by atoms with van der Waals surface area (Å²) in [6, 6.07) is 3.05. The first kappa shape index (κ1) is 13.2. The minimum absolute atomic E-state index is 0.826. The Bertz CT molecular complexity index is 426. The van der Waals surface area contributed by atoms with Crippen molar-refractivity contribution in [2.75, 3.05) is 13.6 Å². The molecule has 106 valence electrons. The molecule has 1 aliphatic heterocycles. The van der Waals surface area contributed by atoms with Crippen LogP contribution >= 0.6 is 0 Å². The maximum atomic E-state index is 6.00. The summed E-state index contributed by atoms with van der Waals surface area (Å²) in [5, 5.41) is 3.17. The average Bonchev–Trinajstić information content (AvgIpc) is 2.98. The van der Waals surface area contributed by atoms with Gasteiger partial charge < -0.3 is 9.73 Å². The average molecular weight is 262 g/mol. The number of rotatable bonds is 4. The topological polar surface area (TPSA) is 28.4 Å². The van der Waals surface area contributed by atoms with E-state index in [1.165, 1.54) is 44.2 Å². The SMILES string of the molecule is CNCc1oc(CN2CCCC3CCCC32)cc1C. The smallest absolute Gasteiger partial charge is 0.120 e. The summed E-state index contributed by atoms with van der Waals surface area (Å²) in [4.78, 5) is 2.67. The molecule has 1 aliphatic carbocycles. The van der Waals surface area contributed by atoms with Crippen molar-refractivity contribution >= 4 is 0 Å². The van der Waals surface area contributed by atoms with E-state index in [9.17, 15) is 0 Å². The summed E-state index contributed by atoms with van der Waals surface area (Å²) in [5.74, 6) is 3.20. The Morgan fingerprint density at radius 3 is 3.00 bits per heavy atom. The molecule has 2 fully saturated rings. The van der Waals surface area contributed by atoms with Crippen LogP contribution in [0, 0.1) is 12.8 Å². The minimum atomic E-state index is 0.826. The predicted molar refractivity (Wildman–Crippen MR) is 77.0 cm³/mol. The van der Waals surface area contributed by atoms with Crippen LogP contribution < -0.4 is 5.32 Å². The highest BCUT2D eigenvalue weighted by atomic mass is 16.3. The third-order valence-electron chi connectivity index (χ3n) is 4.88. The summed E-state index contributed by atoms with van der Waals surface area (Å²) in [7, 11) is 1.97. The summed E-state index contributed by atoms with van der Waals surface area (Å²) in [6.07, 6.45) is 7.08. The molecule has 1 aromatic rings. The molecule has 1 saturated carbocycles. The van der Waals surface area contributed by atoms with Gasteiger partial charge in [0.05, 0.1) is 13.1 Å². The van der Waals surface area contributed by atoms with Crippen molar-refractivity contribution in [2.45, 2.75) is 58.2 Å². The Labute approximate surface area is 116 Å². The van der Waals surface area contributed by atoms with E-state index in [4.69, 9.17) is 4.42 Å². The van der Waals surface area contributed by atoms with Gasteiger partial charge in [-0.15, -0.1) is 0 Å². The molecule has 0 aromatic carbocycles. The van der Waals surface area contributed by atoms with Crippen LogP contribution in [0.4, 0.5) is 0 Å². The number of likely N-dealkylation sites (tertiary alicyclic amines) is 1. The van der Waals surface area contributed by atoms with Crippen molar-refractivity contribution in [1.29, 1.82) is 0 Å². The van der Waals surface area contributed by atoms with E-state index in [0.29, 0.717) is 0 Å². The molecule has 19 heavy (non-hydrogen) atoms. The van der Waals surface area contributed by atoms with Crippen LogP contribution in [0.5, 0.6) is 0 Å². The fraction of sp³-hybridized carbons (Fsp3) is 0.750. The first-order chi connectivity index (χ1) is 9.28. The first-order valence-corrected chi connectivity index (χ1v) is 7.74. The number of fused-ring (bicyclic) bond motifs is 1. The molecule has 1 N–H and O–H groups in total. The second kappa shape index (κ2) is 5.68. The Morgan fingerprint density at radius 2 is 2.16 bits per heavy atom. The molecule has 1 aromatic heterocycles. The van der Waals surface area contributed by atoms with Gasteiger partial charge in [-0.1, -0.05) is 6.42 Å². The lowest BCUT2D eigenvalue weighted by atomic mass is 9.92. The molecule has 3 nitrogen and oxygen atoms in total. The zero-order chi connectivity index (χ0) is 13.2. The fourth-order valence-electron chi connectivity index (χ4n) is 3.96. The molecule has 0 spiro atoms. The normalized spacial score (nSPS) is 27.7. The van der Waals surface area contributed by atoms with Crippen LogP contribution in [0.3, 0.4) is 0 Å². The number of aryl methyl sites for hydroxylation is 1. The molecular formula is C16H26N2O. The maximum absolute atomic E-state index is 6.00. The van der Waals surface area contributed by atoms with E-state index >= 15 is 0 Å². The molecule has 2 heterocycles. The van der Waals surface area contributed by atoms with Crippen LogP contribution in [-0.2, 0) is 13.1 Å². The lowest BCUT2D eigenvalue weighted by Gasteiger charge is -2.37. The van der Waals surface area contributed by atoms with E-state index in [0.717, 1.165) is 36.6 Å². The molecule has 2 unspecified atom stereocenters. The zero-order valence-corrected chi connectivity index (χ0v) is 12.2. The highest BCUT2D eigenvalue weighted by molar-refractivity contribution is 5.20. The number of piperidine rings is 1. The third-order valence-corrected chi connectivity index (χ3v) is 4.88. The second-order valence-corrected chi connectivity index (χ2v) is 6.22. The van der Waals surface area contributed by atoms with Gasteiger partial charge in [-0.05, 0) is 63.7 Å². The quantitative estimate of drug-likeness (QED) is 0.904. The molecule has 0 bridgehead atoms. The number of nitrogens with zero attached hydrogens (tertiary/aromatic N) is 1. The van der Waals surface area contributed by atoms with Gasteiger partial charge in [0.25, 0.3) is 0 Å². The van der Waals surface area contributed by atoms with Gasteiger partial charge in [0, 0.05) is 6.04 Å². The number of furan rings is 1. The highest BCUT2D eigenvalue weighted by Gasteiger charge is 2.35. The third kappa shape index (κ3) is 2.72. The van der Waals surface area contributed by atoms with E-state index in [1.54, 1.807) is 0 Å². The summed E-state index contributed by atoms with van der Waals surface area (Å²) in [5.41, 5.74) is 1.28. The van der Waals surface area contributed by atoms with Crippen molar-refractivity contribution in [2.24, 2.45) is 5.92 Å². The van der Waals surface area contributed by atoms with Crippen molar-refractivity contribution < 1.29 is 4.42 Å². The molecule has 3 rings (SSSR count). The van der Waals surface area contributed by atoms with E-state index in [2.05, 4.69) is 23.2 Å². The largest absolute Gasteiger partial charge is 0.463 e. The van der Waals surface area contributed by atoms with Crippen LogP contribution in [0.1, 0.15) is 49.2 Å². The van der Waals surface area contributed by atoms with Gasteiger partial charge in [0.1, 0.15) is 11.5 Å². The van der Waals surface area contributed by atoms with Crippen molar-refractivity contribution in [3.63, 3.8) is 0 Å². The van der Waals surface area contributed by atoms with Gasteiger partial charge in [0.15, 0.2) is 0 Å². The zero-order valence-electron chi connectivity index (χ0n) is 12.2. The lowest BCUT2D eigenvalue weighted by molar-refractivity contribution is 0.0974. The lowest BCUT2D eigenvalue weighted by Crippen LogP contribution is -2.41. The van der Waals surface area contributed by atoms with Crippen molar-refractivity contribution in [3.8, 4) is 0 Å². The number of hydrogen-bond acceptors (Lipinski definition) is 3. The van der Waals surface area contributed by atoms with Crippen molar-refractivity contribution in [3.05, 3.63) is 23.2 Å². The summed E-state index contributed by atoms with van der Waals surface area (Å²) < 4.78 is 6.00. The first-order valence-electron chi connectivity index (χ1n) is 7.74. The Hall–Kier alpha value is -0.800. The predicted octanol–water partition coefficient (Wildman–Crippen LogP) is 3.07. The second-order valence-electron chi connectivity index (χ2n) is 6.22. The highest BCUT2D eigenvalue weighted by Crippen LogP contribution is 2.37. The summed E-state index contributed by atoms with van der Waals surface area (Å²) in [6.45, 7) is 5.24. The monoisotopic (exact) mass is 262 g/mol. The minimum Gasteiger partial charge on any atom is -0.463 e. The molecule has 2 atom stereocenters. The van der Waals surface area contributed by atoms with Crippen molar-refractivity contribution in [1.82, 2.24) is 10.2 Å².